The molecule has 0 aromatic heterocycles. The van der Waals surface area contributed by atoms with Gasteiger partial charge in [0.2, 0.25) is 5.91 Å². The van der Waals surface area contributed by atoms with Gasteiger partial charge in [-0.25, -0.2) is 4.79 Å². The quantitative estimate of drug-likeness (QED) is 0.876. The van der Waals surface area contributed by atoms with Crippen molar-refractivity contribution in [3.05, 3.63) is 41.1 Å². The molecule has 0 radical (unpaired) electrons. The van der Waals surface area contributed by atoms with Crippen LogP contribution in [0.1, 0.15) is 12.5 Å². The van der Waals surface area contributed by atoms with E-state index in [9.17, 15) is 22.8 Å². The molecule has 1 aliphatic heterocycles. The Morgan fingerprint density at radius 3 is 2.62 bits per heavy atom. The Balaban J connectivity index is 2.51. The molecule has 112 valence electrons. The van der Waals surface area contributed by atoms with Gasteiger partial charge in [0.25, 0.3) is 0 Å². The Bertz CT molecular complexity index is 638. The number of hydrogen-bond donors (Lipinski definition) is 2. The van der Waals surface area contributed by atoms with E-state index in [4.69, 9.17) is 5.73 Å². The van der Waals surface area contributed by atoms with Crippen molar-refractivity contribution in [3.63, 3.8) is 0 Å². The number of rotatable bonds is 2. The zero-order valence-corrected chi connectivity index (χ0v) is 11.0. The summed E-state index contributed by atoms with van der Waals surface area (Å²) in [6.45, 7) is 1.41. The molecule has 3 N–H and O–H groups in total. The first-order valence-corrected chi connectivity index (χ1v) is 5.96. The zero-order valence-electron chi connectivity index (χ0n) is 11.0. The van der Waals surface area contributed by atoms with Gasteiger partial charge in [0.1, 0.15) is 0 Å². The molecule has 1 aromatic carbocycles. The smallest absolute Gasteiger partial charge is 0.366 e. The van der Waals surface area contributed by atoms with E-state index < -0.39 is 23.7 Å². The van der Waals surface area contributed by atoms with Gasteiger partial charge in [-0.1, -0.05) is 6.07 Å². The third-order valence-electron chi connectivity index (χ3n) is 3.12. The van der Waals surface area contributed by atoms with Gasteiger partial charge in [-0.15, -0.1) is 0 Å². The van der Waals surface area contributed by atoms with Crippen molar-refractivity contribution in [2.45, 2.75) is 13.1 Å². The van der Waals surface area contributed by atoms with Crippen LogP contribution in [0.5, 0.6) is 0 Å². The SMILES string of the molecule is CC1=C(C(N)=O)CNC(=O)N1c1cccc(C(F)(F)F)c1. The minimum absolute atomic E-state index is 0.0123. The summed E-state index contributed by atoms with van der Waals surface area (Å²) in [4.78, 5) is 24.2. The molecule has 8 heteroatoms. The standard InChI is InChI=1S/C13H12F3N3O2/c1-7-10(11(17)20)6-18-12(21)19(7)9-4-2-3-8(5-9)13(14,15)16/h2-5H,6H2,1H3,(H2,17,20)(H,18,21). The average Bonchev–Trinajstić information content (AvgIpc) is 2.37. The van der Waals surface area contributed by atoms with Crippen molar-refractivity contribution < 1.29 is 22.8 Å². The van der Waals surface area contributed by atoms with Crippen molar-refractivity contribution >= 4 is 17.6 Å². The highest BCUT2D eigenvalue weighted by Gasteiger charge is 2.33. The number of anilines is 1. The van der Waals surface area contributed by atoms with E-state index in [1.54, 1.807) is 0 Å². The third-order valence-corrected chi connectivity index (χ3v) is 3.12. The lowest BCUT2D eigenvalue weighted by Crippen LogP contribution is -2.47. The molecule has 2 rings (SSSR count). The first-order valence-electron chi connectivity index (χ1n) is 5.96. The van der Waals surface area contributed by atoms with Crippen molar-refractivity contribution in [2.24, 2.45) is 5.73 Å². The maximum absolute atomic E-state index is 12.7. The molecule has 0 saturated heterocycles. The normalized spacial score (nSPS) is 16.0. The Kier molecular flexibility index (Phi) is 3.63. The largest absolute Gasteiger partial charge is 0.416 e. The van der Waals surface area contributed by atoms with Crippen LogP contribution >= 0.6 is 0 Å². The van der Waals surface area contributed by atoms with Crippen LogP contribution < -0.4 is 16.0 Å². The second-order valence-corrected chi connectivity index (χ2v) is 4.47. The van der Waals surface area contributed by atoms with Gasteiger partial charge in [0.15, 0.2) is 0 Å². The fourth-order valence-electron chi connectivity index (χ4n) is 2.06. The predicted molar refractivity (Wildman–Crippen MR) is 69.2 cm³/mol. The molecule has 0 fully saturated rings. The maximum atomic E-state index is 12.7. The number of allylic oxidation sites excluding steroid dienone is 1. The zero-order chi connectivity index (χ0) is 15.8. The number of benzene rings is 1. The number of nitrogens with one attached hydrogen (secondary N) is 1. The van der Waals surface area contributed by atoms with Crippen LogP contribution in [0.4, 0.5) is 23.7 Å². The van der Waals surface area contributed by atoms with E-state index >= 15 is 0 Å². The Labute approximate surface area is 118 Å². The van der Waals surface area contributed by atoms with Crippen molar-refractivity contribution in [3.8, 4) is 0 Å². The minimum Gasteiger partial charge on any atom is -0.366 e. The number of nitrogens with zero attached hydrogens (tertiary/aromatic N) is 1. The maximum Gasteiger partial charge on any atom is 0.416 e. The lowest BCUT2D eigenvalue weighted by molar-refractivity contribution is -0.137. The fraction of sp³-hybridized carbons (Fsp3) is 0.231. The summed E-state index contributed by atoms with van der Waals surface area (Å²) in [6, 6.07) is 3.67. The molecule has 0 aliphatic carbocycles. The number of nitrogens with two attached hydrogens (primary N) is 1. The highest BCUT2D eigenvalue weighted by Crippen LogP contribution is 2.33. The number of primary amides is 1. The summed E-state index contributed by atoms with van der Waals surface area (Å²) >= 11 is 0. The summed E-state index contributed by atoms with van der Waals surface area (Å²) in [5.74, 6) is -0.732. The molecular weight excluding hydrogens is 287 g/mol. The van der Waals surface area contributed by atoms with Gasteiger partial charge >= 0.3 is 12.2 Å². The predicted octanol–water partition coefficient (Wildman–Crippen LogP) is 1.99. The highest BCUT2D eigenvalue weighted by molar-refractivity contribution is 6.03. The Hall–Kier alpha value is -2.51. The van der Waals surface area contributed by atoms with Gasteiger partial charge in [-0.2, -0.15) is 13.2 Å². The van der Waals surface area contributed by atoms with Gasteiger partial charge < -0.3 is 11.1 Å². The Morgan fingerprint density at radius 2 is 2.05 bits per heavy atom. The number of carbonyl (C=O) groups is 2. The molecular formula is C13H12F3N3O2. The number of carbonyl (C=O) groups excluding carboxylic acids is 2. The highest BCUT2D eigenvalue weighted by atomic mass is 19.4. The molecule has 0 saturated carbocycles. The fourth-order valence-corrected chi connectivity index (χ4v) is 2.06. The van der Waals surface area contributed by atoms with Crippen molar-refractivity contribution in [1.29, 1.82) is 0 Å². The molecule has 0 spiro atoms. The van der Waals surface area contributed by atoms with Crippen LogP contribution in [-0.4, -0.2) is 18.5 Å². The molecule has 0 unspecified atom stereocenters. The number of amides is 3. The molecule has 3 amide bonds. The molecule has 0 bridgehead atoms. The third kappa shape index (κ3) is 2.83. The molecule has 1 aromatic rings. The van der Waals surface area contributed by atoms with Gasteiger partial charge in [-0.3, -0.25) is 9.69 Å². The van der Waals surface area contributed by atoms with E-state index in [1.807, 2.05) is 0 Å². The van der Waals surface area contributed by atoms with Gasteiger partial charge in [0.05, 0.1) is 23.4 Å². The average molecular weight is 299 g/mol. The van der Waals surface area contributed by atoms with E-state index in [0.29, 0.717) is 0 Å². The van der Waals surface area contributed by atoms with Crippen molar-refractivity contribution in [2.75, 3.05) is 11.4 Å². The lowest BCUT2D eigenvalue weighted by atomic mass is 10.1. The molecule has 0 atom stereocenters. The first kappa shape index (κ1) is 14.9. The van der Waals surface area contributed by atoms with Gasteiger partial charge in [-0.05, 0) is 25.1 Å². The molecule has 21 heavy (non-hydrogen) atoms. The van der Waals surface area contributed by atoms with Gasteiger partial charge in [0, 0.05) is 5.70 Å². The van der Waals surface area contributed by atoms with E-state index in [2.05, 4.69) is 5.32 Å². The lowest BCUT2D eigenvalue weighted by Gasteiger charge is -2.30. The van der Waals surface area contributed by atoms with Crippen LogP contribution in [0.25, 0.3) is 0 Å². The molecule has 1 heterocycles. The number of halogens is 3. The summed E-state index contributed by atoms with van der Waals surface area (Å²) < 4.78 is 38.2. The Morgan fingerprint density at radius 1 is 1.38 bits per heavy atom. The second kappa shape index (κ2) is 5.12. The monoisotopic (exact) mass is 299 g/mol. The van der Waals surface area contributed by atoms with Crippen LogP contribution in [-0.2, 0) is 11.0 Å². The van der Waals surface area contributed by atoms with Crippen LogP contribution in [0.2, 0.25) is 0 Å². The van der Waals surface area contributed by atoms with Crippen LogP contribution in [0.3, 0.4) is 0 Å². The van der Waals surface area contributed by atoms with Crippen molar-refractivity contribution in [1.82, 2.24) is 5.32 Å². The number of hydrogen-bond acceptors (Lipinski definition) is 2. The minimum atomic E-state index is -4.52. The van der Waals surface area contributed by atoms with E-state index in [0.717, 1.165) is 17.0 Å². The summed E-state index contributed by atoms with van der Waals surface area (Å²) in [6.07, 6.45) is -4.52. The number of alkyl halides is 3. The number of urea groups is 1. The molecule has 1 aliphatic rings. The second-order valence-electron chi connectivity index (χ2n) is 4.47. The van der Waals surface area contributed by atoms with Crippen LogP contribution in [0, 0.1) is 0 Å². The summed E-state index contributed by atoms with van der Waals surface area (Å²) in [7, 11) is 0. The summed E-state index contributed by atoms with van der Waals surface area (Å²) in [5, 5.41) is 2.40. The molecule has 5 nitrogen and oxygen atoms in total. The summed E-state index contributed by atoms with van der Waals surface area (Å²) in [5.41, 5.74) is 4.68. The first-order chi connectivity index (χ1) is 9.71. The topological polar surface area (TPSA) is 75.4 Å². The van der Waals surface area contributed by atoms with E-state index in [-0.39, 0.29) is 23.5 Å². The van der Waals surface area contributed by atoms with E-state index in [1.165, 1.54) is 19.1 Å². The van der Waals surface area contributed by atoms with Crippen LogP contribution in [0.15, 0.2) is 35.5 Å².